The van der Waals surface area contributed by atoms with Crippen molar-refractivity contribution in [2.24, 2.45) is 5.92 Å². The lowest BCUT2D eigenvalue weighted by Crippen LogP contribution is -2.24. The van der Waals surface area contributed by atoms with Gasteiger partial charge in [-0.05, 0) is 31.8 Å². The van der Waals surface area contributed by atoms with E-state index in [1.165, 1.54) is 32.1 Å². The SMILES string of the molecule is CN(C)C(=O)CCCNCCC1CCCC1. The first kappa shape index (κ1) is 13.5. The van der Waals surface area contributed by atoms with E-state index in [1.54, 1.807) is 4.90 Å². The van der Waals surface area contributed by atoms with Crippen LogP contribution in [0.3, 0.4) is 0 Å². The Labute approximate surface area is 99.6 Å². The van der Waals surface area contributed by atoms with E-state index in [2.05, 4.69) is 5.32 Å². The highest BCUT2D eigenvalue weighted by molar-refractivity contribution is 5.75. The molecule has 1 aliphatic carbocycles. The highest BCUT2D eigenvalue weighted by Gasteiger charge is 2.13. The Morgan fingerprint density at radius 3 is 2.56 bits per heavy atom. The predicted octanol–water partition coefficient (Wildman–Crippen LogP) is 2.02. The van der Waals surface area contributed by atoms with Crippen LogP contribution in [0.5, 0.6) is 0 Å². The summed E-state index contributed by atoms with van der Waals surface area (Å²) in [5, 5.41) is 3.44. The molecule has 16 heavy (non-hydrogen) atoms. The van der Waals surface area contributed by atoms with Gasteiger partial charge in [0.05, 0.1) is 0 Å². The van der Waals surface area contributed by atoms with Gasteiger partial charge >= 0.3 is 0 Å². The molecular weight excluding hydrogens is 200 g/mol. The summed E-state index contributed by atoms with van der Waals surface area (Å²) in [5.41, 5.74) is 0. The van der Waals surface area contributed by atoms with Gasteiger partial charge in [-0.1, -0.05) is 25.7 Å². The Balaban J connectivity index is 1.86. The summed E-state index contributed by atoms with van der Waals surface area (Å²) in [5.74, 6) is 1.20. The van der Waals surface area contributed by atoms with Crippen molar-refractivity contribution in [3.05, 3.63) is 0 Å². The van der Waals surface area contributed by atoms with Crippen molar-refractivity contribution in [1.82, 2.24) is 10.2 Å². The van der Waals surface area contributed by atoms with E-state index in [0.717, 1.165) is 25.4 Å². The minimum absolute atomic E-state index is 0.234. The minimum atomic E-state index is 0.234. The van der Waals surface area contributed by atoms with Gasteiger partial charge in [0.2, 0.25) is 5.91 Å². The van der Waals surface area contributed by atoms with Crippen LogP contribution in [-0.2, 0) is 4.79 Å². The predicted molar refractivity (Wildman–Crippen MR) is 67.4 cm³/mol. The summed E-state index contributed by atoms with van der Waals surface area (Å²) >= 11 is 0. The number of nitrogens with zero attached hydrogens (tertiary/aromatic N) is 1. The van der Waals surface area contributed by atoms with E-state index >= 15 is 0 Å². The largest absolute Gasteiger partial charge is 0.349 e. The average Bonchev–Trinajstić information content (AvgIpc) is 2.75. The zero-order valence-corrected chi connectivity index (χ0v) is 10.8. The van der Waals surface area contributed by atoms with Crippen molar-refractivity contribution < 1.29 is 4.79 Å². The molecule has 1 N–H and O–H groups in total. The van der Waals surface area contributed by atoms with Gasteiger partial charge in [-0.15, -0.1) is 0 Å². The zero-order chi connectivity index (χ0) is 11.8. The molecule has 1 saturated carbocycles. The maximum Gasteiger partial charge on any atom is 0.222 e. The van der Waals surface area contributed by atoms with E-state index in [1.807, 2.05) is 14.1 Å². The van der Waals surface area contributed by atoms with Gasteiger partial charge in [-0.25, -0.2) is 0 Å². The summed E-state index contributed by atoms with van der Waals surface area (Å²) in [7, 11) is 3.63. The lowest BCUT2D eigenvalue weighted by atomic mass is 10.0. The topological polar surface area (TPSA) is 32.3 Å². The lowest BCUT2D eigenvalue weighted by molar-refractivity contribution is -0.128. The van der Waals surface area contributed by atoms with Crippen LogP contribution in [0.15, 0.2) is 0 Å². The molecule has 1 rings (SSSR count). The molecule has 1 fully saturated rings. The Morgan fingerprint density at radius 1 is 1.25 bits per heavy atom. The highest BCUT2D eigenvalue weighted by atomic mass is 16.2. The molecule has 0 aromatic rings. The number of amides is 1. The fourth-order valence-electron chi connectivity index (χ4n) is 2.32. The smallest absolute Gasteiger partial charge is 0.222 e. The number of hydrogen-bond donors (Lipinski definition) is 1. The van der Waals surface area contributed by atoms with Crippen molar-refractivity contribution in [2.45, 2.75) is 44.9 Å². The lowest BCUT2D eigenvalue weighted by Gasteiger charge is -2.11. The number of rotatable bonds is 7. The van der Waals surface area contributed by atoms with Gasteiger partial charge in [-0.2, -0.15) is 0 Å². The van der Waals surface area contributed by atoms with Crippen LogP contribution in [0.4, 0.5) is 0 Å². The highest BCUT2D eigenvalue weighted by Crippen LogP contribution is 2.26. The molecule has 94 valence electrons. The number of carbonyl (C=O) groups excluding carboxylic acids is 1. The summed E-state index contributed by atoms with van der Waals surface area (Å²) in [4.78, 5) is 12.9. The Morgan fingerprint density at radius 2 is 1.94 bits per heavy atom. The molecule has 0 spiro atoms. The maximum atomic E-state index is 11.3. The van der Waals surface area contributed by atoms with Crippen LogP contribution < -0.4 is 5.32 Å². The molecule has 0 bridgehead atoms. The van der Waals surface area contributed by atoms with E-state index in [9.17, 15) is 4.79 Å². The molecule has 0 heterocycles. The van der Waals surface area contributed by atoms with Crippen LogP contribution in [0.25, 0.3) is 0 Å². The third-order valence-corrected chi connectivity index (χ3v) is 3.45. The quantitative estimate of drug-likeness (QED) is 0.674. The van der Waals surface area contributed by atoms with Crippen LogP contribution in [0.1, 0.15) is 44.9 Å². The Hall–Kier alpha value is -0.570. The molecule has 0 atom stereocenters. The minimum Gasteiger partial charge on any atom is -0.349 e. The van der Waals surface area contributed by atoms with Gasteiger partial charge < -0.3 is 10.2 Å². The summed E-state index contributed by atoms with van der Waals surface area (Å²) in [6.07, 6.45) is 8.68. The Bertz CT molecular complexity index is 198. The number of hydrogen-bond acceptors (Lipinski definition) is 2. The normalized spacial score (nSPS) is 16.6. The Kier molecular flexibility index (Phi) is 6.46. The molecule has 1 aliphatic rings. The van der Waals surface area contributed by atoms with Crippen LogP contribution in [-0.4, -0.2) is 38.0 Å². The first-order valence-corrected chi connectivity index (χ1v) is 6.61. The second-order valence-corrected chi connectivity index (χ2v) is 5.08. The van der Waals surface area contributed by atoms with Gasteiger partial charge in [-0.3, -0.25) is 4.79 Å². The summed E-state index contributed by atoms with van der Waals surface area (Å²) < 4.78 is 0. The average molecular weight is 226 g/mol. The molecule has 0 aromatic heterocycles. The molecule has 0 saturated heterocycles. The van der Waals surface area contributed by atoms with Gasteiger partial charge in [0, 0.05) is 20.5 Å². The fraction of sp³-hybridized carbons (Fsp3) is 0.923. The van der Waals surface area contributed by atoms with Crippen LogP contribution in [0.2, 0.25) is 0 Å². The van der Waals surface area contributed by atoms with Crippen LogP contribution >= 0.6 is 0 Å². The molecule has 1 amide bonds. The molecule has 0 unspecified atom stereocenters. The van der Waals surface area contributed by atoms with Gasteiger partial charge in [0.15, 0.2) is 0 Å². The fourth-order valence-corrected chi connectivity index (χ4v) is 2.32. The molecule has 3 nitrogen and oxygen atoms in total. The molecule has 3 heteroatoms. The van der Waals surface area contributed by atoms with E-state index < -0.39 is 0 Å². The third-order valence-electron chi connectivity index (χ3n) is 3.45. The van der Waals surface area contributed by atoms with Crippen LogP contribution in [0, 0.1) is 5.92 Å². The number of carbonyl (C=O) groups is 1. The van der Waals surface area contributed by atoms with E-state index in [0.29, 0.717) is 6.42 Å². The van der Waals surface area contributed by atoms with E-state index in [4.69, 9.17) is 0 Å². The molecule has 0 aromatic carbocycles. The molecule has 0 aliphatic heterocycles. The van der Waals surface area contributed by atoms with Crippen molar-refractivity contribution in [3.63, 3.8) is 0 Å². The van der Waals surface area contributed by atoms with Gasteiger partial charge in [0.25, 0.3) is 0 Å². The number of nitrogens with one attached hydrogen (secondary N) is 1. The van der Waals surface area contributed by atoms with Crippen molar-refractivity contribution in [1.29, 1.82) is 0 Å². The van der Waals surface area contributed by atoms with Crippen molar-refractivity contribution in [3.8, 4) is 0 Å². The maximum absolute atomic E-state index is 11.3. The summed E-state index contributed by atoms with van der Waals surface area (Å²) in [6.45, 7) is 2.10. The standard InChI is InChI=1S/C13H26N2O/c1-15(2)13(16)8-5-10-14-11-9-12-6-3-4-7-12/h12,14H,3-11H2,1-2H3. The van der Waals surface area contributed by atoms with E-state index in [-0.39, 0.29) is 5.91 Å². The third kappa shape index (κ3) is 5.50. The monoisotopic (exact) mass is 226 g/mol. The van der Waals surface area contributed by atoms with Gasteiger partial charge in [0.1, 0.15) is 0 Å². The van der Waals surface area contributed by atoms with Crippen molar-refractivity contribution >= 4 is 5.91 Å². The van der Waals surface area contributed by atoms with Crippen molar-refractivity contribution in [2.75, 3.05) is 27.2 Å². The second kappa shape index (κ2) is 7.66. The summed E-state index contributed by atoms with van der Waals surface area (Å²) in [6, 6.07) is 0. The first-order valence-electron chi connectivity index (χ1n) is 6.61. The first-order chi connectivity index (χ1) is 7.70. The molecule has 0 radical (unpaired) electrons. The zero-order valence-electron chi connectivity index (χ0n) is 10.8. The second-order valence-electron chi connectivity index (χ2n) is 5.08. The molecular formula is C13H26N2O.